The number of carbonyl (C=O) groups excluding carboxylic acids is 2. The molecule has 232 valence electrons. The minimum absolute atomic E-state index is 0.0855. The summed E-state index contributed by atoms with van der Waals surface area (Å²) < 4.78 is 91.3. The third kappa shape index (κ3) is 7.92. The lowest BCUT2D eigenvalue weighted by Crippen LogP contribution is -2.37. The number of nitrogens with zero attached hydrogens (tertiary/aromatic N) is 3. The van der Waals surface area contributed by atoms with Gasteiger partial charge in [0.05, 0.1) is 36.9 Å². The Balaban J connectivity index is 0.000000303. The van der Waals surface area contributed by atoms with Gasteiger partial charge in [0.2, 0.25) is 0 Å². The van der Waals surface area contributed by atoms with Crippen LogP contribution in [-0.2, 0) is 22.6 Å². The van der Waals surface area contributed by atoms with Gasteiger partial charge in [-0.2, -0.15) is 31.4 Å². The van der Waals surface area contributed by atoms with Gasteiger partial charge in [0.1, 0.15) is 35.1 Å². The minimum atomic E-state index is -5.19. The molecule has 1 N–H and O–H groups in total. The summed E-state index contributed by atoms with van der Waals surface area (Å²) in [7, 11) is 1.66. The monoisotopic (exact) mass is 618 g/mol. The molecule has 3 heterocycles. The van der Waals surface area contributed by atoms with E-state index in [1.807, 2.05) is 24.3 Å². The second-order valence-corrected chi connectivity index (χ2v) is 8.78. The number of carboxylic acid groups (broad SMARTS) is 2. The van der Waals surface area contributed by atoms with Gasteiger partial charge in [-0.05, 0) is 43.2 Å². The number of carboxylic acids is 2. The Hall–Kier alpha value is -4.83. The van der Waals surface area contributed by atoms with Crippen LogP contribution in [0.5, 0.6) is 11.5 Å². The predicted octanol–water partition coefficient (Wildman–Crippen LogP) is 2.91. The van der Waals surface area contributed by atoms with Crippen molar-refractivity contribution in [1.29, 1.82) is 0 Å². The number of hydrogen-bond acceptors (Lipinski definition) is 8. The molecule has 0 amide bonds. The topological polar surface area (TPSA) is 145 Å². The highest BCUT2D eigenvalue weighted by Crippen LogP contribution is 2.36. The van der Waals surface area contributed by atoms with Crippen molar-refractivity contribution in [3.05, 3.63) is 59.9 Å². The molecule has 17 heteroatoms. The van der Waals surface area contributed by atoms with E-state index in [-0.39, 0.29) is 11.7 Å². The maximum absolute atomic E-state index is 14.7. The highest BCUT2D eigenvalue weighted by atomic mass is 19.4. The first-order chi connectivity index (χ1) is 20.1. The normalized spacial score (nSPS) is 14.4. The van der Waals surface area contributed by atoms with Gasteiger partial charge in [0.15, 0.2) is 0 Å². The number of rotatable bonds is 4. The molecule has 2 aromatic carbocycles. The molecule has 1 aliphatic rings. The van der Waals surface area contributed by atoms with Crippen molar-refractivity contribution < 1.29 is 60.0 Å². The van der Waals surface area contributed by atoms with E-state index in [0.717, 1.165) is 46.9 Å². The third-order valence-electron chi connectivity index (χ3n) is 5.99. The number of fused-ring (bicyclic) bond motifs is 2. The quantitative estimate of drug-likeness (QED) is 0.344. The fourth-order valence-electron chi connectivity index (χ4n) is 4.09. The van der Waals surface area contributed by atoms with Crippen LogP contribution in [0.3, 0.4) is 0 Å². The van der Waals surface area contributed by atoms with Gasteiger partial charge in [0.25, 0.3) is 0 Å². The molecule has 2 aromatic heterocycles. The second-order valence-electron chi connectivity index (χ2n) is 8.78. The molecule has 10 nitrogen and oxygen atoms in total. The molecule has 1 unspecified atom stereocenters. The van der Waals surface area contributed by atoms with Crippen LogP contribution < -0.4 is 19.7 Å². The molecule has 4 aromatic rings. The number of alkyl halides is 6. The largest absolute Gasteiger partial charge is 0.542 e. The zero-order valence-electron chi connectivity index (χ0n) is 22.2. The molecule has 0 spiro atoms. The summed E-state index contributed by atoms with van der Waals surface area (Å²) in [6.07, 6.45) is -6.28. The summed E-state index contributed by atoms with van der Waals surface area (Å²) in [6, 6.07) is 9.22. The molecule has 43 heavy (non-hydrogen) atoms. The Morgan fingerprint density at radius 2 is 1.72 bits per heavy atom. The van der Waals surface area contributed by atoms with Gasteiger partial charge in [-0.15, -0.1) is 0 Å². The molecule has 1 atom stereocenters. The SMILES string of the molecule is CCn1c(C2COc3ccc(OC)cc3C2)nc2cc(F)c(-c3cn[nH]c3)cc21.O=C([O-])C(F)(F)F.O=C([O-])C(F)(F)F. The number of imidazole rings is 1. The van der Waals surface area contributed by atoms with Gasteiger partial charge in [-0.3, -0.25) is 5.10 Å². The number of benzene rings is 2. The van der Waals surface area contributed by atoms with Gasteiger partial charge >= 0.3 is 12.4 Å². The van der Waals surface area contributed by atoms with Gasteiger partial charge in [-0.25, -0.2) is 9.37 Å². The van der Waals surface area contributed by atoms with E-state index in [0.29, 0.717) is 17.7 Å². The van der Waals surface area contributed by atoms with E-state index in [2.05, 4.69) is 21.7 Å². The Kier molecular flexibility index (Phi) is 9.88. The van der Waals surface area contributed by atoms with Crippen LogP contribution in [0.2, 0.25) is 0 Å². The summed E-state index contributed by atoms with van der Waals surface area (Å²) in [5.41, 5.74) is 3.90. The zero-order chi connectivity index (χ0) is 32.1. The number of aromatic nitrogens is 4. The molecule has 0 radical (unpaired) electrons. The number of ether oxygens (including phenoxy) is 2. The Labute approximate surface area is 237 Å². The van der Waals surface area contributed by atoms with Crippen LogP contribution in [0, 0.1) is 5.82 Å². The number of nitrogens with one attached hydrogen (secondary N) is 1. The molecule has 5 rings (SSSR count). The maximum Gasteiger partial charge on any atom is 0.430 e. The van der Waals surface area contributed by atoms with Crippen molar-refractivity contribution >= 4 is 23.0 Å². The van der Waals surface area contributed by atoms with Gasteiger partial charge in [0, 0.05) is 29.9 Å². The lowest BCUT2D eigenvalue weighted by molar-refractivity contribution is -0.344. The average molecular weight is 618 g/mol. The zero-order valence-corrected chi connectivity index (χ0v) is 22.2. The van der Waals surface area contributed by atoms with Crippen LogP contribution >= 0.6 is 0 Å². The van der Waals surface area contributed by atoms with Crippen molar-refractivity contribution in [2.45, 2.75) is 38.2 Å². The number of hydrogen-bond donors (Lipinski definition) is 1. The van der Waals surface area contributed by atoms with Crippen LogP contribution in [0.1, 0.15) is 24.2 Å². The number of carbonyl (C=O) groups is 2. The predicted molar refractivity (Wildman–Crippen MR) is 130 cm³/mol. The molecule has 0 aliphatic carbocycles. The van der Waals surface area contributed by atoms with Crippen molar-refractivity contribution in [3.8, 4) is 22.6 Å². The maximum atomic E-state index is 14.7. The van der Waals surface area contributed by atoms with Crippen molar-refractivity contribution in [2.24, 2.45) is 0 Å². The number of aryl methyl sites for hydroxylation is 1. The van der Waals surface area contributed by atoms with Crippen molar-refractivity contribution in [1.82, 2.24) is 19.7 Å². The second kappa shape index (κ2) is 13.0. The van der Waals surface area contributed by atoms with Crippen LogP contribution in [0.4, 0.5) is 30.7 Å². The van der Waals surface area contributed by atoms with Crippen LogP contribution in [0.15, 0.2) is 42.7 Å². The highest BCUT2D eigenvalue weighted by molar-refractivity contribution is 5.83. The molecular weight excluding hydrogens is 597 g/mol. The molecule has 0 saturated heterocycles. The molecule has 1 aliphatic heterocycles. The van der Waals surface area contributed by atoms with Crippen LogP contribution in [0.25, 0.3) is 22.2 Å². The smallest absolute Gasteiger partial charge is 0.430 e. The first kappa shape index (κ1) is 32.7. The molecule has 0 saturated carbocycles. The highest BCUT2D eigenvalue weighted by Gasteiger charge is 2.30. The standard InChI is InChI=1S/C22H21FN4O2.2C2HF3O2/c1-3-27-20-8-17(15-10-24-25-11-15)18(23)9-19(20)26-22(27)14-6-13-7-16(28-2)4-5-21(13)29-12-14;2*3-2(4,5)1(6)7/h4-5,7-11,14H,3,6,12H2,1-2H3,(H,24,25);2*(H,6,7)/p-2. The van der Waals surface area contributed by atoms with Crippen molar-refractivity contribution in [2.75, 3.05) is 13.7 Å². The van der Waals surface area contributed by atoms with Crippen molar-refractivity contribution in [3.63, 3.8) is 0 Å². The number of halogens is 7. The summed E-state index contributed by atoms with van der Waals surface area (Å²) >= 11 is 0. The van der Waals surface area contributed by atoms with E-state index < -0.39 is 24.3 Å². The minimum Gasteiger partial charge on any atom is -0.542 e. The summed E-state index contributed by atoms with van der Waals surface area (Å²) in [6.45, 7) is 3.36. The van der Waals surface area contributed by atoms with Gasteiger partial charge < -0.3 is 33.8 Å². The first-order valence-corrected chi connectivity index (χ1v) is 12.1. The fourth-order valence-corrected chi connectivity index (χ4v) is 4.09. The van der Waals surface area contributed by atoms with E-state index in [1.165, 1.54) is 6.07 Å². The Bertz CT molecular complexity index is 1560. The number of H-pyrrole nitrogens is 1. The lowest BCUT2D eigenvalue weighted by atomic mass is 9.95. The Morgan fingerprint density at radius 3 is 2.23 bits per heavy atom. The third-order valence-corrected chi connectivity index (χ3v) is 5.99. The Morgan fingerprint density at radius 1 is 1.09 bits per heavy atom. The van der Waals surface area contributed by atoms with Crippen LogP contribution in [-0.4, -0.2) is 57.8 Å². The average Bonchev–Trinajstić information content (AvgIpc) is 3.59. The van der Waals surface area contributed by atoms with E-state index in [9.17, 15) is 30.7 Å². The number of aromatic amines is 1. The summed E-state index contributed by atoms with van der Waals surface area (Å²) in [5.74, 6) is -3.62. The summed E-state index contributed by atoms with van der Waals surface area (Å²) in [5, 5.41) is 24.2. The van der Waals surface area contributed by atoms with E-state index in [1.54, 1.807) is 19.5 Å². The molecule has 0 bridgehead atoms. The number of methoxy groups -OCH3 is 1. The fraction of sp³-hybridized carbons (Fsp3) is 0.308. The van der Waals surface area contributed by atoms with Gasteiger partial charge in [-0.1, -0.05) is 0 Å². The number of aliphatic carboxylic acids is 2. The van der Waals surface area contributed by atoms with E-state index in [4.69, 9.17) is 34.3 Å². The molecular formula is C26H21F7N4O6-2. The van der Waals surface area contributed by atoms with E-state index >= 15 is 0 Å². The first-order valence-electron chi connectivity index (χ1n) is 12.1. The lowest BCUT2D eigenvalue weighted by Gasteiger charge is -2.25. The molecule has 0 fully saturated rings. The summed E-state index contributed by atoms with van der Waals surface area (Å²) in [4.78, 5) is 22.4.